The van der Waals surface area contributed by atoms with Crippen LogP contribution >= 0.6 is 0 Å². The number of hydrogen-bond donors (Lipinski definition) is 2. The zero-order valence-corrected chi connectivity index (χ0v) is 13.5. The summed E-state index contributed by atoms with van der Waals surface area (Å²) in [6, 6.07) is 8.75. The topological polar surface area (TPSA) is 82.3 Å². The molecule has 5 nitrogen and oxygen atoms in total. The third kappa shape index (κ3) is 4.74. The molecule has 0 bridgehead atoms. The first kappa shape index (κ1) is 18.0. The fourth-order valence-electron chi connectivity index (χ4n) is 1.90. The van der Waals surface area contributed by atoms with Crippen LogP contribution in [0.1, 0.15) is 33.3 Å². The van der Waals surface area contributed by atoms with Gasteiger partial charge in [-0.25, -0.2) is 0 Å². The molecule has 0 aliphatic rings. The van der Waals surface area contributed by atoms with Gasteiger partial charge in [0.25, 0.3) is 5.91 Å². The number of aliphatic hydroxyl groups is 1. The lowest BCUT2D eigenvalue weighted by Crippen LogP contribution is -2.47. The summed E-state index contributed by atoms with van der Waals surface area (Å²) in [5.74, 6) is 0.0730. The van der Waals surface area contributed by atoms with Crippen molar-refractivity contribution in [3.63, 3.8) is 0 Å². The van der Waals surface area contributed by atoms with E-state index >= 15 is 0 Å². The van der Waals surface area contributed by atoms with Crippen molar-refractivity contribution in [3.05, 3.63) is 29.8 Å². The Kier molecular flexibility index (Phi) is 6.87. The van der Waals surface area contributed by atoms with E-state index in [9.17, 15) is 4.79 Å². The first-order valence-corrected chi connectivity index (χ1v) is 7.47. The van der Waals surface area contributed by atoms with Crippen LogP contribution in [0.3, 0.4) is 0 Å². The molecule has 0 radical (unpaired) electrons. The van der Waals surface area contributed by atoms with E-state index in [1.807, 2.05) is 27.7 Å². The van der Waals surface area contributed by atoms with E-state index in [1.54, 1.807) is 24.3 Å². The second kappa shape index (κ2) is 8.40. The molecule has 0 fully saturated rings. The standard InChI is InChI=1S/C17H24N2O3/c1-11(2)16(17(21)19-13(4)12(3)10-20)22-15-8-6-5-7-14(15)9-18/h5-8,11-13,16,20H,10H2,1-4H3,(H,19,21). The lowest BCUT2D eigenvalue weighted by Gasteiger charge is -2.26. The molecule has 1 aromatic carbocycles. The first-order chi connectivity index (χ1) is 10.4. The smallest absolute Gasteiger partial charge is 0.261 e. The Morgan fingerprint density at radius 2 is 1.95 bits per heavy atom. The van der Waals surface area contributed by atoms with E-state index < -0.39 is 6.10 Å². The summed E-state index contributed by atoms with van der Waals surface area (Å²) in [6.45, 7) is 7.49. The molecular formula is C17H24N2O3. The summed E-state index contributed by atoms with van der Waals surface area (Å²) in [5, 5.41) is 21.1. The molecule has 3 atom stereocenters. The van der Waals surface area contributed by atoms with E-state index in [1.165, 1.54) is 0 Å². The number of benzene rings is 1. The molecule has 5 heteroatoms. The number of nitrogens with one attached hydrogen (secondary N) is 1. The van der Waals surface area contributed by atoms with Gasteiger partial charge in [0.1, 0.15) is 11.8 Å². The van der Waals surface area contributed by atoms with Crippen LogP contribution in [0, 0.1) is 23.2 Å². The summed E-state index contributed by atoms with van der Waals surface area (Å²) in [6.07, 6.45) is -0.692. The summed E-state index contributed by atoms with van der Waals surface area (Å²) < 4.78 is 5.78. The molecule has 1 amide bonds. The largest absolute Gasteiger partial charge is 0.479 e. The van der Waals surface area contributed by atoms with Crippen LogP contribution in [0.15, 0.2) is 24.3 Å². The van der Waals surface area contributed by atoms with Crippen molar-refractivity contribution in [1.29, 1.82) is 5.26 Å². The highest BCUT2D eigenvalue weighted by atomic mass is 16.5. The molecule has 0 aliphatic heterocycles. The third-order valence-corrected chi connectivity index (χ3v) is 3.64. The molecule has 0 aromatic heterocycles. The molecule has 0 spiro atoms. The molecular weight excluding hydrogens is 280 g/mol. The van der Waals surface area contributed by atoms with Gasteiger partial charge in [-0.15, -0.1) is 0 Å². The van der Waals surface area contributed by atoms with Gasteiger partial charge in [0.05, 0.1) is 5.56 Å². The van der Waals surface area contributed by atoms with Crippen LogP contribution < -0.4 is 10.1 Å². The minimum absolute atomic E-state index is 0.00587. The van der Waals surface area contributed by atoms with Crippen LogP contribution in [0.25, 0.3) is 0 Å². The van der Waals surface area contributed by atoms with Crippen molar-refractivity contribution in [3.8, 4) is 11.8 Å². The van der Waals surface area contributed by atoms with Gasteiger partial charge in [-0.3, -0.25) is 4.79 Å². The maximum absolute atomic E-state index is 12.4. The Morgan fingerprint density at radius 3 is 2.50 bits per heavy atom. The number of amides is 1. The van der Waals surface area contributed by atoms with E-state index in [2.05, 4.69) is 11.4 Å². The van der Waals surface area contributed by atoms with Gasteiger partial charge >= 0.3 is 0 Å². The molecule has 1 aromatic rings. The predicted molar refractivity (Wildman–Crippen MR) is 84.3 cm³/mol. The minimum atomic E-state index is -0.692. The molecule has 120 valence electrons. The number of para-hydroxylation sites is 1. The summed E-state index contributed by atoms with van der Waals surface area (Å²) in [5.41, 5.74) is 0.401. The molecule has 22 heavy (non-hydrogen) atoms. The molecule has 2 N–H and O–H groups in total. The Hall–Kier alpha value is -2.06. The van der Waals surface area contributed by atoms with Gasteiger partial charge in [0.15, 0.2) is 6.10 Å². The second-order valence-corrected chi connectivity index (χ2v) is 5.85. The van der Waals surface area contributed by atoms with Crippen LogP contribution in [0.4, 0.5) is 0 Å². The minimum Gasteiger partial charge on any atom is -0.479 e. The second-order valence-electron chi connectivity index (χ2n) is 5.85. The van der Waals surface area contributed by atoms with Gasteiger partial charge in [0, 0.05) is 12.6 Å². The summed E-state index contributed by atoms with van der Waals surface area (Å²) >= 11 is 0. The number of ether oxygens (including phenoxy) is 1. The van der Waals surface area contributed by atoms with Crippen LogP contribution in [0.2, 0.25) is 0 Å². The summed E-state index contributed by atoms with van der Waals surface area (Å²) in [7, 11) is 0. The van der Waals surface area contributed by atoms with E-state index in [4.69, 9.17) is 15.1 Å². The van der Waals surface area contributed by atoms with Gasteiger partial charge in [-0.05, 0) is 30.9 Å². The Labute approximate surface area is 131 Å². The molecule has 0 saturated heterocycles. The Balaban J connectivity index is 2.86. The van der Waals surface area contributed by atoms with E-state index in [0.717, 1.165) is 0 Å². The summed E-state index contributed by atoms with van der Waals surface area (Å²) in [4.78, 5) is 12.4. The van der Waals surface area contributed by atoms with Crippen LogP contribution in [-0.4, -0.2) is 29.8 Å². The van der Waals surface area contributed by atoms with Crippen molar-refractivity contribution in [1.82, 2.24) is 5.32 Å². The fraction of sp³-hybridized carbons (Fsp3) is 0.529. The number of nitriles is 1. The average Bonchev–Trinajstić information content (AvgIpc) is 2.51. The SMILES string of the molecule is CC(C)C(Oc1ccccc1C#N)C(=O)NC(C)C(C)CO. The average molecular weight is 304 g/mol. The maximum atomic E-state index is 12.4. The van der Waals surface area contributed by atoms with Crippen LogP contribution in [0.5, 0.6) is 5.75 Å². The lowest BCUT2D eigenvalue weighted by molar-refractivity contribution is -0.130. The van der Waals surface area contributed by atoms with E-state index in [-0.39, 0.29) is 30.4 Å². The van der Waals surface area contributed by atoms with Gasteiger partial charge in [0.2, 0.25) is 0 Å². The molecule has 3 unspecified atom stereocenters. The third-order valence-electron chi connectivity index (χ3n) is 3.64. The zero-order chi connectivity index (χ0) is 16.7. The highest BCUT2D eigenvalue weighted by molar-refractivity contribution is 5.81. The van der Waals surface area contributed by atoms with Crippen molar-refractivity contribution in [2.24, 2.45) is 11.8 Å². The molecule has 1 rings (SSSR count). The van der Waals surface area contributed by atoms with Crippen molar-refractivity contribution >= 4 is 5.91 Å². The number of hydrogen-bond acceptors (Lipinski definition) is 4. The number of carbonyl (C=O) groups excluding carboxylic acids is 1. The van der Waals surface area contributed by atoms with Crippen LogP contribution in [-0.2, 0) is 4.79 Å². The van der Waals surface area contributed by atoms with Gasteiger partial charge < -0.3 is 15.2 Å². The molecule has 0 aliphatic carbocycles. The highest BCUT2D eigenvalue weighted by Gasteiger charge is 2.27. The normalized spacial score (nSPS) is 14.8. The lowest BCUT2D eigenvalue weighted by atomic mass is 10.0. The predicted octanol–water partition coefficient (Wildman–Crippen LogP) is 2.09. The Morgan fingerprint density at radius 1 is 1.32 bits per heavy atom. The van der Waals surface area contributed by atoms with Crippen molar-refractivity contribution in [2.75, 3.05) is 6.61 Å². The first-order valence-electron chi connectivity index (χ1n) is 7.47. The maximum Gasteiger partial charge on any atom is 0.261 e. The van der Waals surface area contributed by atoms with Gasteiger partial charge in [-0.1, -0.05) is 32.9 Å². The fourth-order valence-corrected chi connectivity index (χ4v) is 1.90. The van der Waals surface area contributed by atoms with Crippen molar-refractivity contribution in [2.45, 2.75) is 39.8 Å². The monoisotopic (exact) mass is 304 g/mol. The number of nitrogens with zero attached hydrogens (tertiary/aromatic N) is 1. The van der Waals surface area contributed by atoms with E-state index in [0.29, 0.717) is 11.3 Å². The van der Waals surface area contributed by atoms with Gasteiger partial charge in [-0.2, -0.15) is 5.26 Å². The zero-order valence-electron chi connectivity index (χ0n) is 13.5. The van der Waals surface area contributed by atoms with Crippen molar-refractivity contribution < 1.29 is 14.6 Å². The number of aliphatic hydroxyl groups excluding tert-OH is 1. The highest BCUT2D eigenvalue weighted by Crippen LogP contribution is 2.21. The molecule has 0 heterocycles. The number of rotatable bonds is 7. The number of carbonyl (C=O) groups is 1. The molecule has 0 saturated carbocycles. The quantitative estimate of drug-likeness (QED) is 0.808. The Bertz CT molecular complexity index is 537.